The lowest BCUT2D eigenvalue weighted by Crippen LogP contribution is -2.64. The van der Waals surface area contributed by atoms with Crippen molar-refractivity contribution in [3.05, 3.63) is 153 Å². The maximum Gasteiger partial charge on any atom is 0.573 e. The number of ether oxygens (including phenoxy) is 3. The van der Waals surface area contributed by atoms with Crippen LogP contribution in [0.5, 0.6) is 5.75 Å². The van der Waals surface area contributed by atoms with Gasteiger partial charge in [-0.05, 0) is 122 Å². The van der Waals surface area contributed by atoms with Crippen LogP contribution in [0.1, 0.15) is 73.8 Å². The van der Waals surface area contributed by atoms with Crippen molar-refractivity contribution in [1.29, 1.82) is 0 Å². The number of piperidine rings is 1. The van der Waals surface area contributed by atoms with Gasteiger partial charge in [-0.25, -0.2) is 9.59 Å². The number of aryl methyl sites for hydroxylation is 1. The van der Waals surface area contributed by atoms with E-state index >= 15 is 0 Å². The van der Waals surface area contributed by atoms with E-state index in [-0.39, 0.29) is 56.7 Å². The van der Waals surface area contributed by atoms with Gasteiger partial charge in [0.25, 0.3) is 0 Å². The van der Waals surface area contributed by atoms with Crippen molar-refractivity contribution < 1.29 is 41.8 Å². The Labute approximate surface area is 433 Å². The van der Waals surface area contributed by atoms with Crippen molar-refractivity contribution in [2.24, 2.45) is 0 Å². The molecule has 3 aliphatic rings. The molecule has 0 unspecified atom stereocenters. The molecule has 0 saturated carbocycles. The number of likely N-dealkylation sites (tertiary alicyclic amines) is 1. The van der Waals surface area contributed by atoms with Gasteiger partial charge in [0.2, 0.25) is 5.91 Å². The van der Waals surface area contributed by atoms with E-state index in [4.69, 9.17) is 32.7 Å². The van der Waals surface area contributed by atoms with Crippen LogP contribution in [0.15, 0.2) is 115 Å². The number of rotatable bonds is 14. The predicted octanol–water partition coefficient (Wildman–Crippen LogP) is 11.5. The number of alkyl carbamates (subject to hydrolysis) is 1. The number of nitrogens with zero attached hydrogens (tertiary/aromatic N) is 4. The lowest BCUT2D eigenvalue weighted by molar-refractivity contribution is -0.274. The quantitative estimate of drug-likeness (QED) is 0.104. The monoisotopic (exact) mass is 1040 g/mol. The fourth-order valence-corrected chi connectivity index (χ4v) is 10.7. The number of halogens is 5. The van der Waals surface area contributed by atoms with Crippen molar-refractivity contribution in [3.8, 4) is 22.6 Å². The number of amides is 3. The molecule has 3 amide bonds. The summed E-state index contributed by atoms with van der Waals surface area (Å²) in [6, 6.07) is 33.8. The van der Waals surface area contributed by atoms with E-state index in [0.29, 0.717) is 41.7 Å². The third-order valence-corrected chi connectivity index (χ3v) is 14.6. The molecule has 12 nitrogen and oxygen atoms in total. The van der Waals surface area contributed by atoms with Crippen LogP contribution in [0, 0.1) is 0 Å². The number of benzene rings is 5. The summed E-state index contributed by atoms with van der Waals surface area (Å²) in [5.41, 5.74) is 6.77. The fraction of sp³-hybridized carbons (Fsp3) is 0.375. The van der Waals surface area contributed by atoms with Crippen LogP contribution in [-0.2, 0) is 33.8 Å². The lowest BCUT2D eigenvalue weighted by Gasteiger charge is -2.41. The van der Waals surface area contributed by atoms with Crippen molar-refractivity contribution >= 4 is 52.2 Å². The van der Waals surface area contributed by atoms with Crippen LogP contribution in [-0.4, -0.2) is 107 Å². The molecule has 17 heteroatoms. The highest BCUT2D eigenvalue weighted by atomic mass is 35.5. The van der Waals surface area contributed by atoms with Crippen molar-refractivity contribution in [2.75, 3.05) is 52.4 Å². The topological polar surface area (TPSA) is 118 Å². The SMILES string of the molecule is CC(C)(C)OC(=O)N1CCC(NC(=O)OCC2c3ccccc3-c3ccccc32)(C(=O)NCCCc2cn(-c3ccc(OC(F)(F)F)cc3)c3cc(CN4CCN(Cc5c(Cl)cccc5Cl)CC4)ccc23)CC1. The summed E-state index contributed by atoms with van der Waals surface area (Å²) in [5.74, 6) is -0.876. The largest absolute Gasteiger partial charge is 0.573 e. The third kappa shape index (κ3) is 12.2. The van der Waals surface area contributed by atoms with Gasteiger partial charge in [-0.2, -0.15) is 0 Å². The zero-order valence-corrected chi connectivity index (χ0v) is 42.6. The summed E-state index contributed by atoms with van der Waals surface area (Å²) in [5, 5.41) is 8.30. The number of carbonyl (C=O) groups excluding carboxylic acids is 3. The third-order valence-electron chi connectivity index (χ3n) is 13.9. The van der Waals surface area contributed by atoms with Gasteiger partial charge in [0.05, 0.1) is 5.52 Å². The van der Waals surface area contributed by atoms with Gasteiger partial charge in [0, 0.05) is 97.7 Å². The molecule has 5 aromatic carbocycles. The normalized spacial score (nSPS) is 16.2. The molecule has 0 bridgehead atoms. The van der Waals surface area contributed by atoms with Gasteiger partial charge in [0.15, 0.2) is 0 Å². The van der Waals surface area contributed by atoms with Crippen LogP contribution in [0.25, 0.3) is 27.7 Å². The molecule has 0 spiro atoms. The number of carbonyl (C=O) groups is 3. The van der Waals surface area contributed by atoms with Gasteiger partial charge in [-0.3, -0.25) is 14.6 Å². The van der Waals surface area contributed by atoms with Gasteiger partial charge in [0.1, 0.15) is 23.5 Å². The van der Waals surface area contributed by atoms with Gasteiger partial charge in [-0.1, -0.05) is 89.9 Å². The summed E-state index contributed by atoms with van der Waals surface area (Å²) >= 11 is 12.9. The molecule has 2 aliphatic heterocycles. The second kappa shape index (κ2) is 21.7. The first-order valence-corrected chi connectivity index (χ1v) is 25.4. The Bertz CT molecular complexity index is 2900. The maximum atomic E-state index is 14.4. The van der Waals surface area contributed by atoms with E-state index in [1.165, 1.54) is 12.1 Å². The second-order valence-corrected chi connectivity index (χ2v) is 20.8. The second-order valence-electron chi connectivity index (χ2n) is 20.0. The van der Waals surface area contributed by atoms with E-state index < -0.39 is 29.7 Å². The average Bonchev–Trinajstić information content (AvgIpc) is 3.88. The van der Waals surface area contributed by atoms with E-state index in [1.807, 2.05) is 65.4 Å². The van der Waals surface area contributed by atoms with Crippen molar-refractivity contribution in [3.63, 3.8) is 0 Å². The Hall–Kier alpha value is -6.26. The molecule has 0 atom stereocenters. The summed E-state index contributed by atoms with van der Waals surface area (Å²) in [6.45, 7) is 10.8. The first-order valence-electron chi connectivity index (χ1n) is 24.7. The summed E-state index contributed by atoms with van der Waals surface area (Å²) < 4.78 is 57.0. The minimum Gasteiger partial charge on any atom is -0.449 e. The Morgan fingerprint density at radius 1 is 0.753 bits per heavy atom. The zero-order chi connectivity index (χ0) is 51.5. The molecule has 0 radical (unpaired) electrons. The Balaban J connectivity index is 0.879. The van der Waals surface area contributed by atoms with E-state index in [0.717, 1.165) is 76.0 Å². The molecule has 73 heavy (non-hydrogen) atoms. The molecule has 1 aromatic heterocycles. The summed E-state index contributed by atoms with van der Waals surface area (Å²) in [7, 11) is 0. The lowest BCUT2D eigenvalue weighted by atomic mass is 9.86. The highest BCUT2D eigenvalue weighted by molar-refractivity contribution is 6.36. The Morgan fingerprint density at radius 2 is 1.37 bits per heavy atom. The minimum absolute atomic E-state index is 0.0699. The zero-order valence-electron chi connectivity index (χ0n) is 41.1. The highest BCUT2D eigenvalue weighted by Gasteiger charge is 2.45. The smallest absolute Gasteiger partial charge is 0.449 e. The first-order chi connectivity index (χ1) is 34.9. The van der Waals surface area contributed by atoms with E-state index in [9.17, 15) is 27.6 Å². The molecule has 1 aliphatic carbocycles. The summed E-state index contributed by atoms with van der Waals surface area (Å²) in [4.78, 5) is 47.5. The summed E-state index contributed by atoms with van der Waals surface area (Å²) in [6.07, 6.45) is -2.70. The van der Waals surface area contributed by atoms with Crippen molar-refractivity contribution in [2.45, 2.75) is 83.0 Å². The fourth-order valence-electron chi connectivity index (χ4n) is 10.2. The molecule has 2 N–H and O–H groups in total. The molecular formula is C56H59Cl2F3N6O6. The molecule has 3 heterocycles. The highest BCUT2D eigenvalue weighted by Crippen LogP contribution is 2.44. The number of nitrogens with one attached hydrogen (secondary N) is 2. The van der Waals surface area contributed by atoms with E-state index in [1.54, 1.807) is 37.8 Å². The number of hydrogen-bond acceptors (Lipinski definition) is 8. The number of fused-ring (bicyclic) bond motifs is 4. The number of piperazine rings is 1. The van der Waals surface area contributed by atoms with Crippen LogP contribution >= 0.6 is 23.2 Å². The van der Waals surface area contributed by atoms with Gasteiger partial charge in [-0.15, -0.1) is 13.2 Å². The first kappa shape index (κ1) is 51.6. The maximum absolute atomic E-state index is 14.4. The Kier molecular flexibility index (Phi) is 15.3. The van der Waals surface area contributed by atoms with Crippen molar-refractivity contribution in [1.82, 2.24) is 29.9 Å². The van der Waals surface area contributed by atoms with Crippen LogP contribution in [0.4, 0.5) is 22.8 Å². The number of alkyl halides is 3. The van der Waals surface area contributed by atoms with Crippen LogP contribution in [0.2, 0.25) is 10.0 Å². The molecule has 2 fully saturated rings. The Morgan fingerprint density at radius 3 is 1.99 bits per heavy atom. The van der Waals surface area contributed by atoms with Crippen LogP contribution in [0.3, 0.4) is 0 Å². The number of aromatic nitrogens is 1. The molecular weight excluding hydrogens is 981 g/mol. The van der Waals surface area contributed by atoms with E-state index in [2.05, 4.69) is 55.5 Å². The van der Waals surface area contributed by atoms with Gasteiger partial charge < -0.3 is 34.3 Å². The molecule has 6 aromatic rings. The predicted molar refractivity (Wildman–Crippen MR) is 276 cm³/mol. The molecule has 9 rings (SSSR count). The van der Waals surface area contributed by atoms with Crippen LogP contribution < -0.4 is 15.4 Å². The average molecular weight is 1040 g/mol. The molecule has 2 saturated heterocycles. The van der Waals surface area contributed by atoms with Gasteiger partial charge >= 0.3 is 18.5 Å². The number of hydrogen-bond donors (Lipinski definition) is 2. The minimum atomic E-state index is -4.82. The molecule has 384 valence electrons. The standard InChI is InChI=1S/C56H59Cl2F3N6O6/c1-54(2,3)73-53(70)66-26-23-55(24-27-66,63-52(69)71-36-47-44-13-6-4-11-42(44)43-12-5-7-14-45(43)47)51(68)62-25-9-10-38-34-67(39-18-20-40(21-19-39)72-56(59,60)61)50-32-37(17-22-41(38)50)33-64-28-30-65(31-29-64)35-46-48(57)15-8-16-49(46)58/h4-8,11-22,32,34,47H,9-10,23-31,33,35-36H2,1-3H3,(H,62,68)(H,63,69).